The molecule has 2 aliphatic rings. The fourth-order valence-corrected chi connectivity index (χ4v) is 4.88. The van der Waals surface area contributed by atoms with Gasteiger partial charge in [-0.3, -0.25) is 0 Å². The van der Waals surface area contributed by atoms with Crippen molar-refractivity contribution in [2.45, 2.75) is 57.4 Å². The summed E-state index contributed by atoms with van der Waals surface area (Å²) in [4.78, 5) is 0. The van der Waals surface area contributed by atoms with Gasteiger partial charge in [0.1, 0.15) is 0 Å². The van der Waals surface area contributed by atoms with E-state index in [2.05, 4.69) is 91.3 Å². The van der Waals surface area contributed by atoms with Gasteiger partial charge in [0.15, 0.2) is 0 Å². The van der Waals surface area contributed by atoms with E-state index >= 15 is 0 Å². The zero-order chi connectivity index (χ0) is 21.1. The van der Waals surface area contributed by atoms with Crippen LogP contribution in [-0.4, -0.2) is 24.3 Å². The van der Waals surface area contributed by atoms with E-state index in [4.69, 9.17) is 11.5 Å². The van der Waals surface area contributed by atoms with E-state index in [1.807, 2.05) is 0 Å². The van der Waals surface area contributed by atoms with Crippen molar-refractivity contribution in [3.63, 3.8) is 0 Å². The Morgan fingerprint density at radius 2 is 1.93 bits per heavy atom. The molecule has 6 N–H and O–H groups in total. The summed E-state index contributed by atoms with van der Waals surface area (Å²) in [5.74, 6) is 0.355. The van der Waals surface area contributed by atoms with Gasteiger partial charge in [-0.25, -0.2) is 0 Å². The third kappa shape index (κ3) is 4.51. The zero-order valence-corrected chi connectivity index (χ0v) is 18.0. The molecule has 2 aliphatic carbocycles. The maximum Gasteiger partial charge on any atom is 0.0743 e. The van der Waals surface area contributed by atoms with E-state index in [0.29, 0.717) is 18.0 Å². The highest BCUT2D eigenvalue weighted by Crippen LogP contribution is 2.31. The third-order valence-electron chi connectivity index (χ3n) is 6.42. The summed E-state index contributed by atoms with van der Waals surface area (Å²) < 4.78 is 0. The van der Waals surface area contributed by atoms with E-state index in [-0.39, 0.29) is 12.2 Å². The van der Waals surface area contributed by atoms with Gasteiger partial charge >= 0.3 is 0 Å². The molecule has 5 unspecified atom stereocenters. The highest BCUT2D eigenvalue weighted by molar-refractivity contribution is 5.96. The van der Waals surface area contributed by atoms with E-state index in [0.717, 1.165) is 24.9 Å². The average Bonchev–Trinajstić information content (AvgIpc) is 2.73. The average molecular weight is 403 g/mol. The molecule has 0 spiro atoms. The molecule has 0 aromatic heterocycles. The Bertz CT molecular complexity index is 969. The molecule has 0 aliphatic heterocycles. The van der Waals surface area contributed by atoms with Crippen LogP contribution in [0.2, 0.25) is 0 Å². The van der Waals surface area contributed by atoms with Crippen LogP contribution in [0.25, 0.3) is 10.8 Å². The van der Waals surface area contributed by atoms with Gasteiger partial charge in [0.2, 0.25) is 0 Å². The maximum absolute atomic E-state index is 6.47. The standard InChI is InChI=1S/C26H34N4/c1-17-7-3-8-19-10-5-13-22(25(17)19)30-24(28)16-15-18(2)29-23-14-6-11-20-9-4-12-21(27)26(20)23/h3-13,18,21,23-24,26,29-30H,14-16,27-28H2,1-2H3. The molecule has 158 valence electrons. The number of hydrogen-bond acceptors (Lipinski definition) is 4. The minimum atomic E-state index is -0.0824. The Morgan fingerprint density at radius 3 is 2.77 bits per heavy atom. The van der Waals surface area contributed by atoms with Crippen LogP contribution in [0, 0.1) is 12.8 Å². The molecule has 0 saturated carbocycles. The van der Waals surface area contributed by atoms with Crippen molar-refractivity contribution in [1.82, 2.24) is 5.32 Å². The number of anilines is 1. The zero-order valence-electron chi connectivity index (χ0n) is 18.0. The first-order valence-electron chi connectivity index (χ1n) is 11.1. The monoisotopic (exact) mass is 402 g/mol. The maximum atomic E-state index is 6.47. The largest absolute Gasteiger partial charge is 0.370 e. The predicted molar refractivity (Wildman–Crippen MR) is 128 cm³/mol. The lowest BCUT2D eigenvalue weighted by Gasteiger charge is -2.37. The second-order valence-corrected chi connectivity index (χ2v) is 8.77. The molecular weight excluding hydrogens is 368 g/mol. The second-order valence-electron chi connectivity index (χ2n) is 8.77. The minimum Gasteiger partial charge on any atom is -0.370 e. The minimum absolute atomic E-state index is 0.0816. The Hall–Kier alpha value is -2.40. The Balaban J connectivity index is 1.33. The molecule has 4 rings (SSSR count). The first-order valence-corrected chi connectivity index (χ1v) is 11.1. The van der Waals surface area contributed by atoms with Crippen molar-refractivity contribution >= 4 is 16.5 Å². The molecule has 2 aromatic rings. The van der Waals surface area contributed by atoms with Crippen LogP contribution in [0.5, 0.6) is 0 Å². The fourth-order valence-electron chi connectivity index (χ4n) is 4.88. The van der Waals surface area contributed by atoms with Gasteiger partial charge in [0.05, 0.1) is 6.17 Å². The van der Waals surface area contributed by atoms with Gasteiger partial charge in [0.25, 0.3) is 0 Å². The molecule has 0 radical (unpaired) electrons. The summed E-state index contributed by atoms with van der Waals surface area (Å²) in [5.41, 5.74) is 16.6. The third-order valence-corrected chi connectivity index (χ3v) is 6.42. The van der Waals surface area contributed by atoms with Gasteiger partial charge in [-0.05, 0) is 55.7 Å². The SMILES string of the molecule is Cc1cccc2cccc(NC(N)CCC(C)NC3CC=CC4=CC=CC(N)C43)c12. The molecule has 0 heterocycles. The van der Waals surface area contributed by atoms with Gasteiger partial charge in [-0.2, -0.15) is 0 Å². The van der Waals surface area contributed by atoms with Crippen LogP contribution < -0.4 is 22.1 Å². The predicted octanol–water partition coefficient (Wildman–Crippen LogP) is 4.37. The smallest absolute Gasteiger partial charge is 0.0743 e. The highest BCUT2D eigenvalue weighted by Gasteiger charge is 2.31. The first-order chi connectivity index (χ1) is 14.5. The quantitative estimate of drug-likeness (QED) is 0.519. The van der Waals surface area contributed by atoms with Gasteiger partial charge in [-0.1, -0.05) is 60.7 Å². The van der Waals surface area contributed by atoms with Crippen molar-refractivity contribution in [1.29, 1.82) is 0 Å². The molecule has 2 aromatic carbocycles. The Morgan fingerprint density at radius 1 is 1.13 bits per heavy atom. The van der Waals surface area contributed by atoms with Crippen molar-refractivity contribution in [2.75, 3.05) is 5.32 Å². The number of nitrogens with two attached hydrogens (primary N) is 2. The molecule has 0 fully saturated rings. The Kier molecular flexibility index (Phi) is 6.38. The van der Waals surface area contributed by atoms with Gasteiger partial charge < -0.3 is 22.1 Å². The molecular formula is C26H34N4. The number of nitrogens with one attached hydrogen (secondary N) is 2. The summed E-state index contributed by atoms with van der Waals surface area (Å²) in [5, 5.41) is 9.86. The second kappa shape index (κ2) is 9.17. The first kappa shape index (κ1) is 20.9. The molecule has 4 nitrogen and oxygen atoms in total. The van der Waals surface area contributed by atoms with Crippen LogP contribution in [-0.2, 0) is 0 Å². The molecule has 0 bridgehead atoms. The fraction of sp³-hybridized carbons (Fsp3) is 0.385. The van der Waals surface area contributed by atoms with Gasteiger partial charge in [-0.15, -0.1) is 0 Å². The summed E-state index contributed by atoms with van der Waals surface area (Å²) in [6.45, 7) is 4.40. The number of aryl methyl sites for hydroxylation is 1. The molecule has 5 atom stereocenters. The van der Waals surface area contributed by atoms with Crippen molar-refractivity contribution in [2.24, 2.45) is 17.4 Å². The van der Waals surface area contributed by atoms with E-state index < -0.39 is 0 Å². The number of fused-ring (bicyclic) bond motifs is 2. The van der Waals surface area contributed by atoms with Crippen LogP contribution in [0.15, 0.2) is 72.4 Å². The van der Waals surface area contributed by atoms with Crippen LogP contribution in [0.4, 0.5) is 5.69 Å². The normalized spacial score (nSPS) is 24.9. The van der Waals surface area contributed by atoms with Crippen molar-refractivity contribution in [3.05, 3.63) is 77.9 Å². The van der Waals surface area contributed by atoms with E-state index in [1.165, 1.54) is 21.9 Å². The summed E-state index contributed by atoms with van der Waals surface area (Å²) >= 11 is 0. The number of benzene rings is 2. The number of rotatable bonds is 7. The van der Waals surface area contributed by atoms with Gasteiger partial charge in [0, 0.05) is 35.1 Å². The molecule has 0 saturated heterocycles. The van der Waals surface area contributed by atoms with Crippen LogP contribution >= 0.6 is 0 Å². The van der Waals surface area contributed by atoms with E-state index in [1.54, 1.807) is 0 Å². The lowest BCUT2D eigenvalue weighted by atomic mass is 9.77. The molecule has 0 amide bonds. The number of hydrogen-bond donors (Lipinski definition) is 4. The number of allylic oxidation sites excluding steroid dienone is 3. The van der Waals surface area contributed by atoms with Crippen molar-refractivity contribution < 1.29 is 0 Å². The topological polar surface area (TPSA) is 76.1 Å². The highest BCUT2D eigenvalue weighted by atomic mass is 15.0. The lowest BCUT2D eigenvalue weighted by molar-refractivity contribution is 0.322. The molecule has 30 heavy (non-hydrogen) atoms. The van der Waals surface area contributed by atoms with Crippen molar-refractivity contribution in [3.8, 4) is 0 Å². The Labute approximate surface area is 180 Å². The lowest BCUT2D eigenvalue weighted by Crippen LogP contribution is -2.50. The summed E-state index contributed by atoms with van der Waals surface area (Å²) in [6, 6.07) is 13.6. The van der Waals surface area contributed by atoms with E-state index in [9.17, 15) is 0 Å². The van der Waals surface area contributed by atoms with Crippen LogP contribution in [0.1, 0.15) is 31.7 Å². The summed E-state index contributed by atoms with van der Waals surface area (Å²) in [6.07, 6.45) is 13.7. The molecule has 4 heteroatoms. The summed E-state index contributed by atoms with van der Waals surface area (Å²) in [7, 11) is 0. The van der Waals surface area contributed by atoms with Crippen LogP contribution in [0.3, 0.4) is 0 Å².